The predicted octanol–water partition coefficient (Wildman–Crippen LogP) is 7.76. The van der Waals surface area contributed by atoms with E-state index in [0.29, 0.717) is 0 Å². The lowest BCUT2D eigenvalue weighted by Crippen LogP contribution is -1.94. The highest BCUT2D eigenvalue weighted by atomic mass is 32.1. The van der Waals surface area contributed by atoms with Crippen molar-refractivity contribution < 1.29 is 0 Å². The molecule has 0 fully saturated rings. The zero-order chi connectivity index (χ0) is 26.8. The van der Waals surface area contributed by atoms with E-state index in [1.165, 1.54) is 19.5 Å². The predicted molar refractivity (Wildman–Crippen MR) is 163 cm³/mol. The van der Waals surface area contributed by atoms with Crippen LogP contribution in [-0.2, 0) is 0 Å². The first-order valence-electron chi connectivity index (χ1n) is 12.4. The van der Waals surface area contributed by atoms with Gasteiger partial charge in [-0.2, -0.15) is 9.03 Å². The van der Waals surface area contributed by atoms with E-state index in [9.17, 15) is 0 Å². The average Bonchev–Trinajstić information content (AvgIpc) is 3.80. The molecule has 0 radical (unpaired) electrons. The molecule has 0 spiro atoms. The summed E-state index contributed by atoms with van der Waals surface area (Å²) in [7, 11) is 0. The molecule has 0 bridgehead atoms. The Kier molecular flexibility index (Phi) is 5.49. The van der Waals surface area contributed by atoms with Crippen LogP contribution in [0.1, 0.15) is 9.75 Å². The van der Waals surface area contributed by atoms with E-state index in [2.05, 4.69) is 118 Å². The van der Waals surface area contributed by atoms with Crippen molar-refractivity contribution in [2.75, 3.05) is 0 Å². The van der Waals surface area contributed by atoms with Gasteiger partial charge in [0.25, 0.3) is 0 Å². The van der Waals surface area contributed by atoms with Crippen molar-refractivity contribution in [1.82, 2.24) is 40.1 Å². The summed E-state index contributed by atoms with van der Waals surface area (Å²) in [6, 6.07) is 25.6. The Balaban J connectivity index is 1.14. The molecule has 40 heavy (non-hydrogen) atoms. The van der Waals surface area contributed by atoms with Gasteiger partial charge >= 0.3 is 0 Å². The van der Waals surface area contributed by atoms with E-state index in [1.54, 1.807) is 45.3 Å². The lowest BCUT2D eigenvalue weighted by Gasteiger charge is -2.04. The Hall–Kier alpha value is -4.10. The molecule has 8 nitrogen and oxygen atoms in total. The SMILES string of the molecule is Cc1ccc(-c2ccc(-c3ccc(-c4ccc(-c5ccc(-c6ccc(C)s6)n6nnnc56)s4)s3)c3nnnn23)s1. The van der Waals surface area contributed by atoms with Crippen molar-refractivity contribution in [2.45, 2.75) is 13.8 Å². The zero-order valence-corrected chi connectivity index (χ0v) is 24.4. The smallest absolute Gasteiger partial charge is 0.188 e. The van der Waals surface area contributed by atoms with Gasteiger partial charge in [-0.25, -0.2) is 0 Å². The fourth-order valence-electron chi connectivity index (χ4n) is 4.78. The van der Waals surface area contributed by atoms with Crippen LogP contribution in [0, 0.1) is 13.8 Å². The largest absolute Gasteiger partial charge is 0.191 e. The number of tetrazole rings is 2. The summed E-state index contributed by atoms with van der Waals surface area (Å²) in [6.07, 6.45) is 0. The van der Waals surface area contributed by atoms with Crippen LogP contribution in [0.15, 0.2) is 72.8 Å². The van der Waals surface area contributed by atoms with E-state index >= 15 is 0 Å². The summed E-state index contributed by atoms with van der Waals surface area (Å²) in [5.41, 5.74) is 5.54. The quantitative estimate of drug-likeness (QED) is 0.202. The van der Waals surface area contributed by atoms with Crippen LogP contribution in [-0.4, -0.2) is 40.1 Å². The second kappa shape index (κ2) is 9.24. The molecule has 0 saturated heterocycles. The van der Waals surface area contributed by atoms with Gasteiger partial charge in [-0.15, -0.1) is 55.5 Å². The Morgan fingerprint density at radius 1 is 0.450 bits per heavy atom. The average molecular weight is 595 g/mol. The Labute approximate surface area is 243 Å². The molecule has 0 aliphatic heterocycles. The van der Waals surface area contributed by atoms with Crippen molar-refractivity contribution in [1.29, 1.82) is 0 Å². The van der Waals surface area contributed by atoms with Gasteiger partial charge in [0.1, 0.15) is 0 Å². The third kappa shape index (κ3) is 3.83. The Morgan fingerprint density at radius 3 is 1.30 bits per heavy atom. The molecule has 0 amide bonds. The number of rotatable bonds is 5. The molecule has 8 aromatic rings. The van der Waals surface area contributed by atoms with Crippen LogP contribution in [0.3, 0.4) is 0 Å². The molecule has 0 unspecified atom stereocenters. The molecule has 194 valence electrons. The minimum Gasteiger partial charge on any atom is -0.191 e. The maximum Gasteiger partial charge on any atom is 0.188 e. The van der Waals surface area contributed by atoms with E-state index in [-0.39, 0.29) is 0 Å². The Morgan fingerprint density at radius 2 is 0.875 bits per heavy atom. The van der Waals surface area contributed by atoms with Crippen molar-refractivity contribution in [3.63, 3.8) is 0 Å². The van der Waals surface area contributed by atoms with Crippen molar-refractivity contribution in [2.24, 2.45) is 0 Å². The molecule has 0 saturated carbocycles. The van der Waals surface area contributed by atoms with Crippen LogP contribution in [0.5, 0.6) is 0 Å². The normalized spacial score (nSPS) is 11.8. The van der Waals surface area contributed by atoms with Gasteiger partial charge in [-0.05, 0) is 107 Å². The van der Waals surface area contributed by atoms with E-state index in [4.69, 9.17) is 0 Å². The molecule has 0 atom stereocenters. The summed E-state index contributed by atoms with van der Waals surface area (Å²) >= 11 is 6.95. The minimum absolute atomic E-state index is 0.756. The lowest BCUT2D eigenvalue weighted by atomic mass is 10.2. The van der Waals surface area contributed by atoms with Gasteiger partial charge in [0.15, 0.2) is 11.3 Å². The third-order valence-electron chi connectivity index (χ3n) is 6.66. The second-order valence-electron chi connectivity index (χ2n) is 9.24. The van der Waals surface area contributed by atoms with Crippen molar-refractivity contribution in [3.05, 3.63) is 82.6 Å². The zero-order valence-electron chi connectivity index (χ0n) is 21.1. The molecule has 8 aromatic heterocycles. The molecular weight excluding hydrogens is 577 g/mol. The standard InChI is InChI=1S/C28H18N8S4/c1-15-3-9-23(37-15)19-7-5-17(27-29-31-33-35(19)27)21-11-13-25(39-21)26-14-12-22(40-26)18-6-8-20(24-10-4-16(2)38-24)36-28(18)30-32-34-36/h3-14H,1-2H3. The molecule has 0 N–H and O–H groups in total. The van der Waals surface area contributed by atoms with Gasteiger partial charge in [-0.3, -0.25) is 0 Å². The third-order valence-corrected chi connectivity index (χ3v) is 11.1. The van der Waals surface area contributed by atoms with Crippen LogP contribution in [0.2, 0.25) is 0 Å². The van der Waals surface area contributed by atoms with Gasteiger partial charge in [0.2, 0.25) is 0 Å². The number of fused-ring (bicyclic) bond motifs is 2. The number of nitrogens with zero attached hydrogens (tertiary/aromatic N) is 8. The van der Waals surface area contributed by atoms with E-state index in [1.807, 2.05) is 9.03 Å². The number of pyridine rings is 2. The van der Waals surface area contributed by atoms with Gasteiger partial charge in [0, 0.05) is 40.4 Å². The topological polar surface area (TPSA) is 86.2 Å². The van der Waals surface area contributed by atoms with Crippen LogP contribution in [0.4, 0.5) is 0 Å². The summed E-state index contributed by atoms with van der Waals surface area (Å²) < 4.78 is 3.67. The number of hydrogen-bond donors (Lipinski definition) is 0. The van der Waals surface area contributed by atoms with Crippen molar-refractivity contribution in [3.8, 4) is 51.8 Å². The van der Waals surface area contributed by atoms with Gasteiger partial charge < -0.3 is 0 Å². The van der Waals surface area contributed by atoms with Crippen molar-refractivity contribution >= 4 is 56.6 Å². The van der Waals surface area contributed by atoms with Crippen LogP contribution in [0.25, 0.3) is 63.1 Å². The van der Waals surface area contributed by atoms with Gasteiger partial charge in [-0.1, -0.05) is 0 Å². The number of thiophene rings is 4. The highest BCUT2D eigenvalue weighted by Crippen LogP contribution is 2.42. The summed E-state index contributed by atoms with van der Waals surface area (Å²) in [4.78, 5) is 9.44. The summed E-state index contributed by atoms with van der Waals surface area (Å²) in [5.74, 6) is 0. The molecule has 8 heterocycles. The highest BCUT2D eigenvalue weighted by Gasteiger charge is 2.18. The monoisotopic (exact) mass is 594 g/mol. The maximum absolute atomic E-state index is 4.36. The van der Waals surface area contributed by atoms with E-state index < -0.39 is 0 Å². The summed E-state index contributed by atoms with van der Waals surface area (Å²) in [6.45, 7) is 4.21. The molecule has 0 aliphatic rings. The molecule has 12 heteroatoms. The minimum atomic E-state index is 0.756. The number of hydrogen-bond acceptors (Lipinski definition) is 10. The van der Waals surface area contributed by atoms with Crippen LogP contribution < -0.4 is 0 Å². The fraction of sp³-hybridized carbons (Fsp3) is 0.0714. The van der Waals surface area contributed by atoms with Gasteiger partial charge in [0.05, 0.1) is 21.1 Å². The molecule has 0 aliphatic carbocycles. The van der Waals surface area contributed by atoms with E-state index in [0.717, 1.165) is 53.3 Å². The molecular formula is C28H18N8S4. The summed E-state index contributed by atoms with van der Waals surface area (Å²) in [5, 5.41) is 25.3. The first-order valence-corrected chi connectivity index (χ1v) is 15.7. The number of aromatic nitrogens is 8. The molecule has 0 aromatic carbocycles. The molecule has 8 rings (SSSR count). The highest BCUT2D eigenvalue weighted by molar-refractivity contribution is 7.25. The first kappa shape index (κ1) is 23.8. The first-order chi connectivity index (χ1) is 19.6. The maximum atomic E-state index is 4.36. The number of aryl methyl sites for hydroxylation is 2. The van der Waals surface area contributed by atoms with Crippen LogP contribution >= 0.6 is 45.3 Å². The lowest BCUT2D eigenvalue weighted by molar-refractivity contribution is 0.829. The fourth-order valence-corrected chi connectivity index (χ4v) is 8.68. The Bertz CT molecular complexity index is 2020. The second-order valence-corrected chi connectivity index (χ2v) is 14.0.